The summed E-state index contributed by atoms with van der Waals surface area (Å²) in [5.74, 6) is 0.907. The van der Waals surface area contributed by atoms with Crippen LogP contribution in [-0.4, -0.2) is 19.6 Å². The highest BCUT2D eigenvalue weighted by Gasteiger charge is 2.29. The van der Waals surface area contributed by atoms with Crippen LogP contribution < -0.4 is 10.1 Å². The maximum Gasteiger partial charge on any atom is 0.222 e. The van der Waals surface area contributed by atoms with Crippen LogP contribution in [0.5, 0.6) is 5.06 Å². The van der Waals surface area contributed by atoms with Crippen LogP contribution in [0.2, 0.25) is 0 Å². The van der Waals surface area contributed by atoms with E-state index in [1.54, 1.807) is 18.4 Å². The lowest BCUT2D eigenvalue weighted by molar-refractivity contribution is -0.124. The van der Waals surface area contributed by atoms with Gasteiger partial charge in [0.15, 0.2) is 5.06 Å². The molecule has 3 nitrogen and oxygen atoms in total. The minimum absolute atomic E-state index is 0.179. The SMILES string of the molecule is CNC(=O)C1CCC(COc2cccs2)C1. The molecule has 1 fully saturated rings. The average Bonchev–Trinajstić information content (AvgIpc) is 2.96. The quantitative estimate of drug-likeness (QED) is 0.875. The van der Waals surface area contributed by atoms with Gasteiger partial charge in [0.1, 0.15) is 0 Å². The van der Waals surface area contributed by atoms with E-state index in [2.05, 4.69) is 5.32 Å². The maximum atomic E-state index is 11.4. The van der Waals surface area contributed by atoms with Crippen LogP contribution in [0.3, 0.4) is 0 Å². The van der Waals surface area contributed by atoms with Crippen LogP contribution >= 0.6 is 11.3 Å². The monoisotopic (exact) mass is 239 g/mol. The molecule has 2 unspecified atom stereocenters. The molecule has 0 radical (unpaired) electrons. The van der Waals surface area contributed by atoms with E-state index in [0.29, 0.717) is 5.92 Å². The lowest BCUT2D eigenvalue weighted by atomic mass is 10.1. The number of hydrogen-bond acceptors (Lipinski definition) is 3. The van der Waals surface area contributed by atoms with E-state index in [0.717, 1.165) is 30.9 Å². The first-order valence-corrected chi connectivity index (χ1v) is 6.55. The summed E-state index contributed by atoms with van der Waals surface area (Å²) < 4.78 is 5.68. The van der Waals surface area contributed by atoms with Crippen molar-refractivity contribution < 1.29 is 9.53 Å². The largest absolute Gasteiger partial charge is 0.484 e. The van der Waals surface area contributed by atoms with Crippen molar-refractivity contribution in [3.8, 4) is 5.06 Å². The van der Waals surface area contributed by atoms with E-state index in [4.69, 9.17) is 4.74 Å². The molecule has 2 rings (SSSR count). The van der Waals surface area contributed by atoms with Gasteiger partial charge in [0, 0.05) is 13.0 Å². The van der Waals surface area contributed by atoms with Crippen LogP contribution in [0.25, 0.3) is 0 Å². The molecule has 16 heavy (non-hydrogen) atoms. The third-order valence-corrected chi connectivity index (χ3v) is 3.89. The average molecular weight is 239 g/mol. The summed E-state index contributed by atoms with van der Waals surface area (Å²) in [7, 11) is 1.71. The Morgan fingerprint density at radius 3 is 3.19 bits per heavy atom. The molecule has 0 aliphatic heterocycles. The van der Waals surface area contributed by atoms with Crippen LogP contribution in [0.15, 0.2) is 17.5 Å². The summed E-state index contributed by atoms with van der Waals surface area (Å²) in [6.07, 6.45) is 3.06. The number of nitrogens with one attached hydrogen (secondary N) is 1. The van der Waals surface area contributed by atoms with E-state index in [-0.39, 0.29) is 11.8 Å². The summed E-state index contributed by atoms with van der Waals surface area (Å²) in [4.78, 5) is 11.4. The lowest BCUT2D eigenvalue weighted by Crippen LogP contribution is -2.25. The number of amides is 1. The van der Waals surface area contributed by atoms with E-state index in [1.807, 2.05) is 17.5 Å². The lowest BCUT2D eigenvalue weighted by Gasteiger charge is -2.10. The van der Waals surface area contributed by atoms with Gasteiger partial charge in [-0.3, -0.25) is 4.79 Å². The molecule has 1 aromatic rings. The van der Waals surface area contributed by atoms with Gasteiger partial charge in [-0.2, -0.15) is 0 Å². The fourth-order valence-electron chi connectivity index (χ4n) is 2.21. The van der Waals surface area contributed by atoms with Gasteiger partial charge in [-0.15, -0.1) is 11.3 Å². The molecule has 1 aromatic heterocycles. The number of ether oxygens (including phenoxy) is 1. The Morgan fingerprint density at radius 1 is 1.62 bits per heavy atom. The predicted molar refractivity (Wildman–Crippen MR) is 64.7 cm³/mol. The van der Waals surface area contributed by atoms with Crippen molar-refractivity contribution in [2.24, 2.45) is 11.8 Å². The topological polar surface area (TPSA) is 38.3 Å². The Balaban J connectivity index is 1.75. The third-order valence-electron chi connectivity index (χ3n) is 3.11. The fraction of sp³-hybridized carbons (Fsp3) is 0.583. The molecule has 88 valence electrons. The van der Waals surface area contributed by atoms with Crippen molar-refractivity contribution in [1.82, 2.24) is 5.32 Å². The maximum absolute atomic E-state index is 11.4. The molecule has 2 atom stereocenters. The van der Waals surface area contributed by atoms with E-state index >= 15 is 0 Å². The number of thiophene rings is 1. The second-order valence-electron chi connectivity index (χ2n) is 4.23. The Kier molecular flexibility index (Phi) is 3.83. The standard InChI is InChI=1S/C12H17NO2S/c1-13-12(14)10-5-4-9(7-10)8-15-11-3-2-6-16-11/h2-3,6,9-10H,4-5,7-8H2,1H3,(H,13,14). The number of hydrogen-bond donors (Lipinski definition) is 1. The van der Waals surface area contributed by atoms with Gasteiger partial charge in [0.05, 0.1) is 6.61 Å². The van der Waals surface area contributed by atoms with Gasteiger partial charge in [-0.05, 0) is 42.7 Å². The van der Waals surface area contributed by atoms with Crippen LogP contribution in [-0.2, 0) is 4.79 Å². The normalized spacial score (nSPS) is 24.3. The molecule has 1 aliphatic rings. The molecular weight excluding hydrogens is 222 g/mol. The Bertz CT molecular complexity index is 337. The van der Waals surface area contributed by atoms with Crippen LogP contribution in [0.1, 0.15) is 19.3 Å². The zero-order valence-corrected chi connectivity index (χ0v) is 10.3. The molecule has 1 heterocycles. The smallest absolute Gasteiger partial charge is 0.222 e. The van der Waals surface area contributed by atoms with Gasteiger partial charge in [0.2, 0.25) is 5.91 Å². The molecule has 1 amide bonds. The van der Waals surface area contributed by atoms with Gasteiger partial charge in [0.25, 0.3) is 0 Å². The Morgan fingerprint density at radius 2 is 2.50 bits per heavy atom. The van der Waals surface area contributed by atoms with Gasteiger partial charge >= 0.3 is 0 Å². The van der Waals surface area contributed by atoms with Crippen molar-refractivity contribution in [1.29, 1.82) is 0 Å². The number of rotatable bonds is 4. The number of carbonyl (C=O) groups is 1. The highest BCUT2D eigenvalue weighted by Crippen LogP contribution is 2.32. The van der Waals surface area contributed by atoms with E-state index in [9.17, 15) is 4.79 Å². The zero-order valence-electron chi connectivity index (χ0n) is 9.44. The molecule has 0 bridgehead atoms. The fourth-order valence-corrected chi connectivity index (χ4v) is 2.80. The van der Waals surface area contributed by atoms with Crippen LogP contribution in [0, 0.1) is 11.8 Å². The van der Waals surface area contributed by atoms with Gasteiger partial charge in [-0.1, -0.05) is 0 Å². The molecule has 0 aromatic carbocycles. The molecular formula is C12H17NO2S. The van der Waals surface area contributed by atoms with E-state index < -0.39 is 0 Å². The zero-order chi connectivity index (χ0) is 11.4. The Hall–Kier alpha value is -1.03. The summed E-state index contributed by atoms with van der Waals surface area (Å²) in [5, 5.41) is 5.71. The van der Waals surface area contributed by atoms with Crippen LogP contribution in [0.4, 0.5) is 0 Å². The molecule has 0 saturated heterocycles. The highest BCUT2D eigenvalue weighted by atomic mass is 32.1. The summed E-state index contributed by atoms with van der Waals surface area (Å²) in [5.41, 5.74) is 0. The van der Waals surface area contributed by atoms with Crippen molar-refractivity contribution in [3.63, 3.8) is 0 Å². The van der Waals surface area contributed by atoms with Crippen molar-refractivity contribution >= 4 is 17.2 Å². The predicted octanol–water partition coefficient (Wildman–Crippen LogP) is 2.29. The molecule has 1 saturated carbocycles. The van der Waals surface area contributed by atoms with E-state index in [1.165, 1.54) is 0 Å². The second kappa shape index (κ2) is 5.34. The first kappa shape index (κ1) is 11.5. The summed E-state index contributed by atoms with van der Waals surface area (Å²) >= 11 is 1.62. The summed E-state index contributed by atoms with van der Waals surface area (Å²) in [6.45, 7) is 0.744. The number of carbonyl (C=O) groups excluding carboxylic acids is 1. The van der Waals surface area contributed by atoms with Crippen molar-refractivity contribution in [2.45, 2.75) is 19.3 Å². The third kappa shape index (κ3) is 2.76. The first-order valence-electron chi connectivity index (χ1n) is 5.67. The summed E-state index contributed by atoms with van der Waals surface area (Å²) in [6, 6.07) is 3.97. The second-order valence-corrected chi connectivity index (χ2v) is 5.14. The van der Waals surface area contributed by atoms with Gasteiger partial charge in [-0.25, -0.2) is 0 Å². The first-order chi connectivity index (χ1) is 7.79. The molecule has 1 N–H and O–H groups in total. The van der Waals surface area contributed by atoms with Gasteiger partial charge < -0.3 is 10.1 Å². The molecule has 1 aliphatic carbocycles. The molecule has 4 heteroatoms. The minimum atomic E-state index is 0.179. The Labute approximate surface area is 99.8 Å². The van der Waals surface area contributed by atoms with Crippen molar-refractivity contribution in [3.05, 3.63) is 17.5 Å². The minimum Gasteiger partial charge on any atom is -0.484 e. The van der Waals surface area contributed by atoms with Crippen molar-refractivity contribution in [2.75, 3.05) is 13.7 Å². The highest BCUT2D eigenvalue weighted by molar-refractivity contribution is 7.11. The molecule has 0 spiro atoms.